The Morgan fingerprint density at radius 3 is 2.68 bits per heavy atom. The highest BCUT2D eigenvalue weighted by atomic mass is 35.5. The molecule has 0 radical (unpaired) electrons. The van der Waals surface area contributed by atoms with E-state index in [2.05, 4.69) is 40.2 Å². The molecule has 0 N–H and O–H groups in total. The number of hydrogen-bond acceptors (Lipinski definition) is 4. The van der Waals surface area contributed by atoms with Crippen LogP contribution in [0.5, 0.6) is 0 Å². The lowest BCUT2D eigenvalue weighted by Gasteiger charge is -2.23. The van der Waals surface area contributed by atoms with Gasteiger partial charge in [-0.3, -0.25) is 4.79 Å². The molecule has 0 saturated heterocycles. The maximum Gasteiger partial charge on any atom is 0.252 e. The third kappa shape index (κ3) is 2.98. The molecule has 2 aromatic carbocycles. The van der Waals surface area contributed by atoms with Crippen molar-refractivity contribution in [1.29, 1.82) is 0 Å². The zero-order chi connectivity index (χ0) is 19.3. The molecule has 5 rings (SSSR count). The van der Waals surface area contributed by atoms with E-state index in [1.807, 2.05) is 18.2 Å². The number of aromatic nitrogens is 4. The number of aryl methyl sites for hydroxylation is 1. The first kappa shape index (κ1) is 17.1. The number of hydrogen-bond donors (Lipinski definition) is 0. The van der Waals surface area contributed by atoms with Crippen LogP contribution in [0.25, 0.3) is 17.2 Å². The van der Waals surface area contributed by atoms with E-state index in [-0.39, 0.29) is 11.7 Å². The fourth-order valence-electron chi connectivity index (χ4n) is 3.76. The van der Waals surface area contributed by atoms with Crippen molar-refractivity contribution in [3.8, 4) is 11.4 Å². The number of rotatable bonds is 2. The van der Waals surface area contributed by atoms with Crippen LogP contribution in [0.1, 0.15) is 39.5 Å². The standard InChI is InChI=1S/C22H17ClN4O/c1-13-3-2-4-15(9-13)16-10-19-18(20(28)11-16)12-27-22(24-19)25-21(26-27)14-5-7-17(23)8-6-14/h2-9,12,16H,10-11H2,1H3. The summed E-state index contributed by atoms with van der Waals surface area (Å²) in [5.74, 6) is 1.31. The van der Waals surface area contributed by atoms with Gasteiger partial charge in [0.2, 0.25) is 0 Å². The van der Waals surface area contributed by atoms with Crippen LogP contribution in [0.4, 0.5) is 0 Å². The van der Waals surface area contributed by atoms with Crippen LogP contribution in [-0.2, 0) is 6.42 Å². The third-order valence-electron chi connectivity index (χ3n) is 5.20. The molecule has 0 spiro atoms. The van der Waals surface area contributed by atoms with E-state index in [1.54, 1.807) is 22.8 Å². The second-order valence-corrected chi connectivity index (χ2v) is 7.67. The summed E-state index contributed by atoms with van der Waals surface area (Å²) in [5, 5.41) is 5.15. The summed E-state index contributed by atoms with van der Waals surface area (Å²) in [7, 11) is 0. The van der Waals surface area contributed by atoms with Gasteiger partial charge < -0.3 is 0 Å². The zero-order valence-electron chi connectivity index (χ0n) is 15.3. The number of nitrogens with zero attached hydrogens (tertiary/aromatic N) is 4. The monoisotopic (exact) mass is 388 g/mol. The van der Waals surface area contributed by atoms with Gasteiger partial charge in [0.1, 0.15) is 0 Å². The average molecular weight is 389 g/mol. The second-order valence-electron chi connectivity index (χ2n) is 7.23. The van der Waals surface area contributed by atoms with Gasteiger partial charge in [-0.05, 0) is 49.1 Å². The molecule has 0 saturated carbocycles. The molecule has 138 valence electrons. The van der Waals surface area contributed by atoms with Crippen molar-refractivity contribution in [1.82, 2.24) is 19.6 Å². The van der Waals surface area contributed by atoms with Crippen molar-refractivity contribution < 1.29 is 4.79 Å². The fourth-order valence-corrected chi connectivity index (χ4v) is 3.89. The maximum atomic E-state index is 12.8. The molecule has 2 heterocycles. The summed E-state index contributed by atoms with van der Waals surface area (Å²) >= 11 is 5.96. The normalized spacial score (nSPS) is 16.4. The number of Topliss-reactive ketones (excluding diaryl/α,β-unsaturated/α-hetero) is 1. The van der Waals surface area contributed by atoms with Gasteiger partial charge in [0, 0.05) is 23.2 Å². The number of carbonyl (C=O) groups is 1. The minimum absolute atomic E-state index is 0.102. The Bertz CT molecular complexity index is 1210. The predicted octanol–water partition coefficient (Wildman–Crippen LogP) is 4.67. The molecule has 1 aliphatic carbocycles. The van der Waals surface area contributed by atoms with Crippen LogP contribution in [0.3, 0.4) is 0 Å². The molecule has 1 aliphatic rings. The summed E-state index contributed by atoms with van der Waals surface area (Å²) in [4.78, 5) is 22.0. The van der Waals surface area contributed by atoms with Gasteiger partial charge in [0.05, 0.1) is 11.3 Å². The van der Waals surface area contributed by atoms with Gasteiger partial charge >= 0.3 is 0 Å². The van der Waals surface area contributed by atoms with Crippen LogP contribution in [0, 0.1) is 6.92 Å². The Balaban J connectivity index is 1.55. The predicted molar refractivity (Wildman–Crippen MR) is 108 cm³/mol. The van der Waals surface area contributed by atoms with Crippen LogP contribution in [-0.4, -0.2) is 25.4 Å². The molecule has 2 aromatic heterocycles. The highest BCUT2D eigenvalue weighted by Crippen LogP contribution is 2.32. The molecule has 0 bridgehead atoms. The van der Waals surface area contributed by atoms with Crippen molar-refractivity contribution in [3.05, 3.63) is 82.1 Å². The lowest BCUT2D eigenvalue weighted by Crippen LogP contribution is -2.21. The highest BCUT2D eigenvalue weighted by Gasteiger charge is 2.28. The number of halogens is 1. The molecule has 0 amide bonds. The number of ketones is 1. The molecule has 1 atom stereocenters. The molecule has 5 nitrogen and oxygen atoms in total. The van der Waals surface area contributed by atoms with E-state index >= 15 is 0 Å². The van der Waals surface area contributed by atoms with Gasteiger partial charge in [-0.15, -0.1) is 5.10 Å². The molecular weight excluding hydrogens is 372 g/mol. The number of fused-ring (bicyclic) bond motifs is 2. The molecule has 4 aromatic rings. The highest BCUT2D eigenvalue weighted by molar-refractivity contribution is 6.30. The van der Waals surface area contributed by atoms with E-state index in [9.17, 15) is 4.79 Å². The van der Waals surface area contributed by atoms with Crippen LogP contribution < -0.4 is 0 Å². The molecule has 1 unspecified atom stereocenters. The van der Waals surface area contributed by atoms with Crippen molar-refractivity contribution in [3.63, 3.8) is 0 Å². The van der Waals surface area contributed by atoms with Crippen LogP contribution >= 0.6 is 11.6 Å². The van der Waals surface area contributed by atoms with Gasteiger partial charge in [0.15, 0.2) is 11.6 Å². The Hall–Kier alpha value is -3.05. The van der Waals surface area contributed by atoms with E-state index in [4.69, 9.17) is 11.6 Å². The summed E-state index contributed by atoms with van der Waals surface area (Å²) < 4.78 is 1.59. The summed E-state index contributed by atoms with van der Waals surface area (Å²) in [6.07, 6.45) is 2.98. The van der Waals surface area contributed by atoms with Gasteiger partial charge in [0.25, 0.3) is 5.78 Å². The molecule has 28 heavy (non-hydrogen) atoms. The Morgan fingerprint density at radius 2 is 1.89 bits per heavy atom. The molecule has 6 heteroatoms. The summed E-state index contributed by atoms with van der Waals surface area (Å²) in [5.41, 5.74) is 4.68. The van der Waals surface area contributed by atoms with Crippen LogP contribution in [0.2, 0.25) is 5.02 Å². The quantitative estimate of drug-likeness (QED) is 0.500. The third-order valence-corrected chi connectivity index (χ3v) is 5.45. The molecule has 0 aliphatic heterocycles. The minimum Gasteiger partial charge on any atom is -0.294 e. The topological polar surface area (TPSA) is 60.2 Å². The first-order chi connectivity index (χ1) is 13.6. The second kappa shape index (κ2) is 6.53. The van der Waals surface area contributed by atoms with Crippen molar-refractivity contribution in [2.75, 3.05) is 0 Å². The summed E-state index contributed by atoms with van der Waals surface area (Å²) in [6, 6.07) is 15.7. The smallest absolute Gasteiger partial charge is 0.252 e. The van der Waals surface area contributed by atoms with Crippen LogP contribution in [0.15, 0.2) is 54.7 Å². The maximum absolute atomic E-state index is 12.8. The van der Waals surface area contributed by atoms with Gasteiger partial charge in [-0.25, -0.2) is 9.50 Å². The molecule has 0 fully saturated rings. The lowest BCUT2D eigenvalue weighted by atomic mass is 9.82. The Kier molecular flexibility index (Phi) is 3.98. The van der Waals surface area contributed by atoms with Gasteiger partial charge in [-0.1, -0.05) is 41.4 Å². The van der Waals surface area contributed by atoms with E-state index in [0.29, 0.717) is 28.6 Å². The molecular formula is C22H17ClN4O. The minimum atomic E-state index is 0.102. The SMILES string of the molecule is Cc1cccc(C2CC(=O)c3cn4nc(-c5ccc(Cl)cc5)nc4nc3C2)c1. The van der Waals surface area contributed by atoms with E-state index in [1.165, 1.54) is 11.1 Å². The number of benzene rings is 2. The first-order valence-electron chi connectivity index (χ1n) is 9.19. The zero-order valence-corrected chi connectivity index (χ0v) is 16.0. The number of carbonyl (C=O) groups excluding carboxylic acids is 1. The van der Waals surface area contributed by atoms with E-state index < -0.39 is 0 Å². The summed E-state index contributed by atoms with van der Waals surface area (Å²) in [6.45, 7) is 2.07. The fraction of sp³-hybridized carbons (Fsp3) is 0.182. The Labute approximate surface area is 167 Å². The first-order valence-corrected chi connectivity index (χ1v) is 9.56. The van der Waals surface area contributed by atoms with Gasteiger partial charge in [-0.2, -0.15) is 4.98 Å². The average Bonchev–Trinajstić information content (AvgIpc) is 3.10. The van der Waals surface area contributed by atoms with Crippen molar-refractivity contribution in [2.24, 2.45) is 0 Å². The lowest BCUT2D eigenvalue weighted by molar-refractivity contribution is 0.0962. The van der Waals surface area contributed by atoms with Crippen molar-refractivity contribution in [2.45, 2.75) is 25.7 Å². The van der Waals surface area contributed by atoms with Crippen molar-refractivity contribution >= 4 is 23.2 Å². The Morgan fingerprint density at radius 1 is 1.07 bits per heavy atom. The largest absolute Gasteiger partial charge is 0.294 e. The van der Waals surface area contributed by atoms with E-state index in [0.717, 1.165) is 17.7 Å².